The Morgan fingerprint density at radius 2 is 2.04 bits per heavy atom. The molecule has 6 heteroatoms. The zero-order valence-electron chi connectivity index (χ0n) is 15.2. The zero-order chi connectivity index (χ0) is 18.4. The largest absolute Gasteiger partial charge is 0.356 e. The molecule has 134 valence electrons. The summed E-state index contributed by atoms with van der Waals surface area (Å²) >= 11 is 0. The maximum Gasteiger partial charge on any atom is 0.263 e. The molecule has 3 heterocycles. The number of hydrogen-bond acceptors (Lipinski definition) is 3. The molecule has 2 aromatic heterocycles. The first kappa shape index (κ1) is 16.6. The van der Waals surface area contributed by atoms with Crippen LogP contribution in [0.5, 0.6) is 0 Å². The number of amides is 1. The number of aromatic amines is 2. The quantitative estimate of drug-likeness (QED) is 0.745. The molecule has 1 aliphatic heterocycles. The molecular weight excluding hydrogens is 328 g/mol. The number of aryl methyl sites for hydroxylation is 1. The Morgan fingerprint density at radius 3 is 2.77 bits per heavy atom. The third-order valence-corrected chi connectivity index (χ3v) is 5.13. The highest BCUT2D eigenvalue weighted by Gasteiger charge is 2.36. The Labute approximate surface area is 151 Å². The van der Waals surface area contributed by atoms with E-state index in [1.807, 2.05) is 17.0 Å². The lowest BCUT2D eigenvalue weighted by atomic mass is 9.90. The van der Waals surface area contributed by atoms with Gasteiger partial charge in [-0.3, -0.25) is 9.59 Å². The normalized spacial score (nSPS) is 16.9. The van der Waals surface area contributed by atoms with E-state index in [2.05, 4.69) is 40.9 Å². The van der Waals surface area contributed by atoms with Crippen molar-refractivity contribution in [2.75, 3.05) is 6.54 Å². The lowest BCUT2D eigenvalue weighted by Gasteiger charge is -2.38. The Bertz CT molecular complexity index is 1050. The SMILES string of the molecule is Cc1ncc(C(=O)N2CCc3c([nH]c4ccccc34)C2C(C)C)c(=O)[nH]1. The Balaban J connectivity index is 1.80. The van der Waals surface area contributed by atoms with Crippen LogP contribution >= 0.6 is 0 Å². The summed E-state index contributed by atoms with van der Waals surface area (Å²) in [5.41, 5.74) is 3.16. The minimum atomic E-state index is -0.382. The summed E-state index contributed by atoms with van der Waals surface area (Å²) < 4.78 is 0. The number of aromatic nitrogens is 3. The van der Waals surface area contributed by atoms with Crippen molar-refractivity contribution in [1.82, 2.24) is 19.9 Å². The van der Waals surface area contributed by atoms with E-state index in [-0.39, 0.29) is 29.0 Å². The molecule has 0 saturated heterocycles. The molecule has 1 aliphatic rings. The number of hydrogen-bond donors (Lipinski definition) is 2. The molecular formula is C20H22N4O2. The van der Waals surface area contributed by atoms with Crippen molar-refractivity contribution in [2.45, 2.75) is 33.2 Å². The number of rotatable bonds is 2. The highest BCUT2D eigenvalue weighted by atomic mass is 16.2. The molecule has 1 atom stereocenters. The first-order valence-electron chi connectivity index (χ1n) is 8.93. The number of benzene rings is 1. The predicted octanol–water partition coefficient (Wildman–Crippen LogP) is 2.96. The summed E-state index contributed by atoms with van der Waals surface area (Å²) in [5.74, 6) is 0.453. The fourth-order valence-corrected chi connectivity index (χ4v) is 3.98. The molecule has 0 bridgehead atoms. The summed E-state index contributed by atoms with van der Waals surface area (Å²) in [6, 6.07) is 8.13. The third-order valence-electron chi connectivity index (χ3n) is 5.13. The van der Waals surface area contributed by atoms with Crippen LogP contribution in [-0.2, 0) is 6.42 Å². The lowest BCUT2D eigenvalue weighted by Crippen LogP contribution is -2.44. The smallest absolute Gasteiger partial charge is 0.263 e. The van der Waals surface area contributed by atoms with E-state index in [0.717, 1.165) is 17.6 Å². The summed E-state index contributed by atoms with van der Waals surface area (Å²) in [6.45, 7) is 6.49. The van der Waals surface area contributed by atoms with Crippen molar-refractivity contribution in [1.29, 1.82) is 0 Å². The van der Waals surface area contributed by atoms with E-state index < -0.39 is 0 Å². The maximum absolute atomic E-state index is 13.1. The third kappa shape index (κ3) is 2.53. The topological polar surface area (TPSA) is 81.8 Å². The minimum Gasteiger partial charge on any atom is -0.356 e. The standard InChI is InChI=1S/C20H22N4O2/c1-11(2)18-17-14(13-6-4-5-7-16(13)23-17)8-9-24(18)20(26)15-10-21-12(3)22-19(15)25/h4-7,10-11,18,23H,8-9H2,1-3H3,(H,21,22,25). The first-order valence-corrected chi connectivity index (χ1v) is 8.93. The van der Waals surface area contributed by atoms with Crippen molar-refractivity contribution in [3.8, 4) is 0 Å². The summed E-state index contributed by atoms with van der Waals surface area (Å²) in [5, 5.41) is 1.22. The Morgan fingerprint density at radius 1 is 1.27 bits per heavy atom. The molecule has 0 spiro atoms. The number of nitrogens with zero attached hydrogens (tertiary/aromatic N) is 2. The van der Waals surface area contributed by atoms with Gasteiger partial charge < -0.3 is 14.9 Å². The number of carbonyl (C=O) groups is 1. The molecule has 1 unspecified atom stereocenters. The van der Waals surface area contributed by atoms with E-state index in [9.17, 15) is 9.59 Å². The van der Waals surface area contributed by atoms with Gasteiger partial charge in [0.05, 0.1) is 6.04 Å². The van der Waals surface area contributed by atoms with Crippen LogP contribution in [0.15, 0.2) is 35.3 Å². The van der Waals surface area contributed by atoms with Crippen molar-refractivity contribution in [3.05, 3.63) is 63.5 Å². The van der Waals surface area contributed by atoms with Crippen LogP contribution in [0.1, 0.15) is 47.3 Å². The van der Waals surface area contributed by atoms with Gasteiger partial charge in [0.15, 0.2) is 0 Å². The van der Waals surface area contributed by atoms with Crippen molar-refractivity contribution >= 4 is 16.8 Å². The fraction of sp³-hybridized carbons (Fsp3) is 0.350. The number of H-pyrrole nitrogens is 2. The zero-order valence-corrected chi connectivity index (χ0v) is 15.2. The van der Waals surface area contributed by atoms with Crippen LogP contribution in [0.25, 0.3) is 10.9 Å². The molecule has 26 heavy (non-hydrogen) atoms. The van der Waals surface area contributed by atoms with E-state index in [0.29, 0.717) is 12.4 Å². The van der Waals surface area contributed by atoms with Crippen LogP contribution in [-0.4, -0.2) is 32.3 Å². The molecule has 3 aromatic rings. The molecule has 6 nitrogen and oxygen atoms in total. The number of fused-ring (bicyclic) bond motifs is 3. The van der Waals surface area contributed by atoms with E-state index in [1.165, 1.54) is 17.1 Å². The van der Waals surface area contributed by atoms with Gasteiger partial charge in [0.25, 0.3) is 11.5 Å². The van der Waals surface area contributed by atoms with Crippen LogP contribution in [0.3, 0.4) is 0 Å². The van der Waals surface area contributed by atoms with Crippen LogP contribution in [0.4, 0.5) is 0 Å². The number of para-hydroxylation sites is 1. The average molecular weight is 350 g/mol. The van der Waals surface area contributed by atoms with Gasteiger partial charge in [-0.05, 0) is 30.9 Å². The molecule has 2 N–H and O–H groups in total. The second-order valence-corrected chi connectivity index (χ2v) is 7.21. The molecule has 4 rings (SSSR count). The monoisotopic (exact) mass is 350 g/mol. The number of nitrogens with one attached hydrogen (secondary N) is 2. The van der Waals surface area contributed by atoms with Gasteiger partial charge in [-0.2, -0.15) is 0 Å². The van der Waals surface area contributed by atoms with E-state index in [4.69, 9.17) is 0 Å². The Kier molecular flexibility index (Phi) is 3.90. The van der Waals surface area contributed by atoms with Gasteiger partial charge in [-0.15, -0.1) is 0 Å². The van der Waals surface area contributed by atoms with Gasteiger partial charge in [0, 0.05) is 29.3 Å². The highest BCUT2D eigenvalue weighted by Crippen LogP contribution is 2.38. The minimum absolute atomic E-state index is 0.0978. The molecule has 0 fully saturated rings. The summed E-state index contributed by atoms with van der Waals surface area (Å²) in [4.78, 5) is 37.4. The molecule has 0 aliphatic carbocycles. The average Bonchev–Trinajstić information content (AvgIpc) is 2.98. The van der Waals surface area contributed by atoms with Gasteiger partial charge >= 0.3 is 0 Å². The summed E-state index contributed by atoms with van der Waals surface area (Å²) in [7, 11) is 0. The fourth-order valence-electron chi connectivity index (χ4n) is 3.98. The van der Waals surface area contributed by atoms with Crippen LogP contribution < -0.4 is 5.56 Å². The molecule has 0 saturated carbocycles. The van der Waals surface area contributed by atoms with Crippen LogP contribution in [0.2, 0.25) is 0 Å². The van der Waals surface area contributed by atoms with E-state index in [1.54, 1.807) is 6.92 Å². The van der Waals surface area contributed by atoms with E-state index >= 15 is 0 Å². The van der Waals surface area contributed by atoms with Crippen molar-refractivity contribution in [2.24, 2.45) is 5.92 Å². The summed E-state index contributed by atoms with van der Waals surface area (Å²) in [6.07, 6.45) is 2.15. The van der Waals surface area contributed by atoms with Gasteiger partial charge in [0.2, 0.25) is 0 Å². The van der Waals surface area contributed by atoms with Crippen molar-refractivity contribution < 1.29 is 4.79 Å². The lowest BCUT2D eigenvalue weighted by molar-refractivity contribution is 0.0596. The maximum atomic E-state index is 13.1. The number of carbonyl (C=O) groups excluding carboxylic acids is 1. The highest BCUT2D eigenvalue weighted by molar-refractivity contribution is 5.94. The van der Waals surface area contributed by atoms with Gasteiger partial charge in [-0.1, -0.05) is 32.0 Å². The Hall–Kier alpha value is -2.89. The molecule has 0 radical (unpaired) electrons. The first-order chi connectivity index (χ1) is 12.5. The van der Waals surface area contributed by atoms with Gasteiger partial charge in [-0.25, -0.2) is 4.98 Å². The van der Waals surface area contributed by atoms with Gasteiger partial charge in [0.1, 0.15) is 11.4 Å². The molecule has 1 aromatic carbocycles. The second kappa shape index (κ2) is 6.12. The van der Waals surface area contributed by atoms with Crippen LogP contribution in [0, 0.1) is 12.8 Å². The predicted molar refractivity (Wildman–Crippen MR) is 100 cm³/mol. The van der Waals surface area contributed by atoms with Crippen molar-refractivity contribution in [3.63, 3.8) is 0 Å². The molecule has 1 amide bonds. The second-order valence-electron chi connectivity index (χ2n) is 7.21.